The molecule has 0 saturated carbocycles. The van der Waals surface area contributed by atoms with Gasteiger partial charge >= 0.3 is 0 Å². The Kier molecular flexibility index (Phi) is 3.72. The first-order chi connectivity index (χ1) is 6.51. The topological polar surface area (TPSA) is 37.2 Å². The van der Waals surface area contributed by atoms with Crippen molar-refractivity contribution in [3.63, 3.8) is 0 Å². The average Bonchev–Trinajstić information content (AvgIpc) is 2.49. The molecule has 3 heteroatoms. The number of aliphatic hydroxyl groups excluding tert-OH is 1. The van der Waals surface area contributed by atoms with Crippen LogP contribution in [0.5, 0.6) is 0 Å². The third-order valence-electron chi connectivity index (χ3n) is 1.99. The minimum atomic E-state index is 0.152. The highest BCUT2D eigenvalue weighted by atomic mass is 16.3. The van der Waals surface area contributed by atoms with Crippen molar-refractivity contribution in [2.75, 3.05) is 6.61 Å². The molecule has 0 aliphatic carbocycles. The quantitative estimate of drug-likeness (QED) is 0.763. The Balaban J connectivity index is 2.44. The lowest BCUT2D eigenvalue weighted by atomic mass is 10.1. The van der Waals surface area contributed by atoms with E-state index in [1.165, 1.54) is 5.56 Å². The van der Waals surface area contributed by atoms with Crippen LogP contribution in [0.3, 0.4) is 0 Å². The predicted molar refractivity (Wildman–Crippen MR) is 58.1 cm³/mol. The van der Waals surface area contributed by atoms with Crippen LogP contribution in [0.2, 0.25) is 0 Å². The van der Waals surface area contributed by atoms with Gasteiger partial charge in [-0.25, -0.2) is 0 Å². The third kappa shape index (κ3) is 3.94. The van der Waals surface area contributed by atoms with E-state index in [1.807, 2.05) is 10.8 Å². The summed E-state index contributed by atoms with van der Waals surface area (Å²) in [5, 5.41) is 12.2. The van der Waals surface area contributed by atoms with Gasteiger partial charge < -0.3 is 15.0 Å². The second-order valence-corrected chi connectivity index (χ2v) is 4.58. The number of aliphatic hydroxyl groups is 1. The van der Waals surface area contributed by atoms with Crippen molar-refractivity contribution in [3.05, 3.63) is 24.0 Å². The molecule has 1 aromatic rings. The molecule has 0 saturated heterocycles. The highest BCUT2D eigenvalue weighted by molar-refractivity contribution is 5.10. The zero-order chi connectivity index (χ0) is 10.6. The first-order valence-electron chi connectivity index (χ1n) is 5.02. The fraction of sp³-hybridized carbons (Fsp3) is 0.636. The molecule has 1 rings (SSSR count). The Bertz CT molecular complexity index is 273. The summed E-state index contributed by atoms with van der Waals surface area (Å²) in [5.74, 6) is 0. The van der Waals surface area contributed by atoms with Crippen molar-refractivity contribution in [1.82, 2.24) is 9.88 Å². The van der Waals surface area contributed by atoms with Gasteiger partial charge in [0.15, 0.2) is 0 Å². The number of hydrogen-bond donors (Lipinski definition) is 2. The lowest BCUT2D eigenvalue weighted by Gasteiger charge is -2.19. The van der Waals surface area contributed by atoms with Gasteiger partial charge in [-0.15, -0.1) is 0 Å². The van der Waals surface area contributed by atoms with Gasteiger partial charge in [-0.3, -0.25) is 0 Å². The number of aromatic nitrogens is 1. The molecule has 0 amide bonds. The summed E-state index contributed by atoms with van der Waals surface area (Å²) < 4.78 is 2.00. The fourth-order valence-electron chi connectivity index (χ4n) is 1.22. The van der Waals surface area contributed by atoms with Crippen molar-refractivity contribution in [3.8, 4) is 0 Å². The van der Waals surface area contributed by atoms with E-state index in [0.717, 1.165) is 6.54 Å². The smallest absolute Gasteiger partial charge is 0.0610 e. The Morgan fingerprint density at radius 1 is 1.43 bits per heavy atom. The van der Waals surface area contributed by atoms with Gasteiger partial charge in [-0.05, 0) is 32.4 Å². The molecule has 1 heterocycles. The van der Waals surface area contributed by atoms with Crippen molar-refractivity contribution < 1.29 is 5.11 Å². The normalized spacial score (nSPS) is 12.0. The highest BCUT2D eigenvalue weighted by Gasteiger charge is 2.08. The van der Waals surface area contributed by atoms with E-state index < -0.39 is 0 Å². The molecule has 0 fully saturated rings. The summed E-state index contributed by atoms with van der Waals surface area (Å²) >= 11 is 0. The van der Waals surface area contributed by atoms with Gasteiger partial charge in [0, 0.05) is 31.0 Å². The Hall–Kier alpha value is -0.800. The maximum absolute atomic E-state index is 8.75. The first kappa shape index (κ1) is 11.3. The van der Waals surface area contributed by atoms with E-state index >= 15 is 0 Å². The molecule has 0 radical (unpaired) electrons. The molecule has 1 aromatic heterocycles. The van der Waals surface area contributed by atoms with Crippen molar-refractivity contribution in [1.29, 1.82) is 0 Å². The Morgan fingerprint density at radius 3 is 2.71 bits per heavy atom. The molecule has 0 atom stereocenters. The summed E-state index contributed by atoms with van der Waals surface area (Å²) in [5.41, 5.74) is 1.41. The number of rotatable bonds is 4. The molecule has 0 aliphatic heterocycles. The summed E-state index contributed by atoms with van der Waals surface area (Å²) in [7, 11) is 0. The van der Waals surface area contributed by atoms with Crippen LogP contribution in [0, 0.1) is 0 Å². The van der Waals surface area contributed by atoms with Gasteiger partial charge in [0.2, 0.25) is 0 Å². The minimum absolute atomic E-state index is 0.152. The van der Waals surface area contributed by atoms with E-state index in [2.05, 4.69) is 38.4 Å². The Morgan fingerprint density at radius 2 is 2.14 bits per heavy atom. The largest absolute Gasteiger partial charge is 0.395 e. The van der Waals surface area contributed by atoms with Crippen LogP contribution < -0.4 is 5.32 Å². The second-order valence-electron chi connectivity index (χ2n) is 4.58. The van der Waals surface area contributed by atoms with E-state index in [9.17, 15) is 0 Å². The van der Waals surface area contributed by atoms with Crippen LogP contribution in [0.1, 0.15) is 26.3 Å². The van der Waals surface area contributed by atoms with Crippen molar-refractivity contribution >= 4 is 0 Å². The molecule has 2 N–H and O–H groups in total. The van der Waals surface area contributed by atoms with E-state index in [1.54, 1.807) is 0 Å². The van der Waals surface area contributed by atoms with Crippen LogP contribution in [0.15, 0.2) is 18.5 Å². The van der Waals surface area contributed by atoms with E-state index in [-0.39, 0.29) is 12.1 Å². The molecular formula is C11H20N2O. The van der Waals surface area contributed by atoms with E-state index in [4.69, 9.17) is 5.11 Å². The lowest BCUT2D eigenvalue weighted by Crippen LogP contribution is -2.34. The van der Waals surface area contributed by atoms with Crippen molar-refractivity contribution in [2.24, 2.45) is 0 Å². The lowest BCUT2D eigenvalue weighted by molar-refractivity contribution is 0.276. The summed E-state index contributed by atoms with van der Waals surface area (Å²) in [6, 6.07) is 2.08. The second kappa shape index (κ2) is 4.62. The van der Waals surface area contributed by atoms with Crippen LogP contribution in [0.25, 0.3) is 0 Å². The predicted octanol–water partition coefficient (Wildman–Crippen LogP) is 1.37. The number of nitrogens with zero attached hydrogens (tertiary/aromatic N) is 1. The van der Waals surface area contributed by atoms with Gasteiger partial charge in [-0.2, -0.15) is 0 Å². The molecule has 3 nitrogen and oxygen atoms in total. The van der Waals surface area contributed by atoms with Gasteiger partial charge in [0.1, 0.15) is 0 Å². The summed E-state index contributed by atoms with van der Waals surface area (Å²) in [6.45, 7) is 8.20. The standard InChI is InChI=1S/C11H20N2O/c1-11(2,3)12-8-10-4-5-13(9-10)6-7-14/h4-5,9,12,14H,6-8H2,1-3H3. The summed E-state index contributed by atoms with van der Waals surface area (Å²) in [6.07, 6.45) is 4.06. The molecule has 0 aromatic carbocycles. The zero-order valence-electron chi connectivity index (χ0n) is 9.25. The molecule has 14 heavy (non-hydrogen) atoms. The van der Waals surface area contributed by atoms with Crippen molar-refractivity contribution in [2.45, 2.75) is 39.4 Å². The summed E-state index contributed by atoms with van der Waals surface area (Å²) in [4.78, 5) is 0. The maximum Gasteiger partial charge on any atom is 0.0610 e. The molecular weight excluding hydrogens is 176 g/mol. The van der Waals surface area contributed by atoms with Gasteiger partial charge in [-0.1, -0.05) is 0 Å². The number of nitrogens with one attached hydrogen (secondary N) is 1. The first-order valence-corrected chi connectivity index (χ1v) is 5.02. The Labute approximate surface area is 85.7 Å². The van der Waals surface area contributed by atoms with Gasteiger partial charge in [0.05, 0.1) is 6.61 Å². The van der Waals surface area contributed by atoms with E-state index in [0.29, 0.717) is 6.54 Å². The molecule has 0 bridgehead atoms. The zero-order valence-corrected chi connectivity index (χ0v) is 9.25. The van der Waals surface area contributed by atoms with Gasteiger partial charge in [0.25, 0.3) is 0 Å². The van der Waals surface area contributed by atoms with Crippen LogP contribution in [-0.4, -0.2) is 21.8 Å². The maximum atomic E-state index is 8.75. The van der Waals surface area contributed by atoms with Crippen LogP contribution >= 0.6 is 0 Å². The SMILES string of the molecule is CC(C)(C)NCc1ccn(CCO)c1. The fourth-order valence-corrected chi connectivity index (χ4v) is 1.22. The molecule has 0 aliphatic rings. The monoisotopic (exact) mass is 196 g/mol. The molecule has 80 valence electrons. The highest BCUT2D eigenvalue weighted by Crippen LogP contribution is 2.05. The third-order valence-corrected chi connectivity index (χ3v) is 1.99. The molecule has 0 unspecified atom stereocenters. The number of hydrogen-bond acceptors (Lipinski definition) is 2. The van der Waals surface area contributed by atoms with Crippen LogP contribution in [-0.2, 0) is 13.1 Å². The molecule has 0 spiro atoms. The van der Waals surface area contributed by atoms with Crippen LogP contribution in [0.4, 0.5) is 0 Å². The average molecular weight is 196 g/mol. The minimum Gasteiger partial charge on any atom is -0.395 e.